The van der Waals surface area contributed by atoms with Crippen LogP contribution >= 0.6 is 0 Å². The van der Waals surface area contributed by atoms with E-state index in [1.54, 1.807) is 71.5 Å². The van der Waals surface area contributed by atoms with Crippen molar-refractivity contribution >= 4 is 23.6 Å². The predicted molar refractivity (Wildman–Crippen MR) is 261 cm³/mol. The van der Waals surface area contributed by atoms with Gasteiger partial charge in [-0.1, -0.05) is 34.0 Å². The van der Waals surface area contributed by atoms with E-state index in [1.165, 1.54) is 13.8 Å². The number of ether oxygens (including phenoxy) is 4. The molecule has 0 bridgehead atoms. The van der Waals surface area contributed by atoms with Crippen LogP contribution in [0.4, 0.5) is 0 Å². The summed E-state index contributed by atoms with van der Waals surface area (Å²) in [6.07, 6.45) is 1.73. The molecular formula is C52H54N10O12. The van der Waals surface area contributed by atoms with Gasteiger partial charge in [-0.2, -0.15) is 0 Å². The molecule has 4 amide bonds. The van der Waals surface area contributed by atoms with Crippen LogP contribution in [0.2, 0.25) is 0 Å². The van der Waals surface area contributed by atoms with Crippen LogP contribution in [-0.4, -0.2) is 116 Å². The average Bonchev–Trinajstić information content (AvgIpc) is 4.25. The van der Waals surface area contributed by atoms with Crippen molar-refractivity contribution in [3.05, 3.63) is 105 Å². The van der Waals surface area contributed by atoms with E-state index in [0.29, 0.717) is 121 Å². The Morgan fingerprint density at radius 3 is 1.43 bits per heavy atom. The number of carbonyl (C=O) groups excluding carboxylic acids is 4. The van der Waals surface area contributed by atoms with Crippen molar-refractivity contribution in [2.75, 3.05) is 52.7 Å². The molecule has 0 unspecified atom stereocenters. The van der Waals surface area contributed by atoms with E-state index in [0.717, 1.165) is 12.8 Å². The molecule has 4 atom stereocenters. The summed E-state index contributed by atoms with van der Waals surface area (Å²) >= 11 is 0. The Morgan fingerprint density at radius 2 is 1.08 bits per heavy atom. The lowest BCUT2D eigenvalue weighted by atomic mass is 10.0. The monoisotopic (exact) mass is 1010 g/mol. The number of hydrogen-bond acceptors (Lipinski definition) is 16. The Hall–Kier alpha value is -8.28. The lowest BCUT2D eigenvalue weighted by Gasteiger charge is -2.12. The highest BCUT2D eigenvalue weighted by Crippen LogP contribution is 2.36. The van der Waals surface area contributed by atoms with Crippen LogP contribution in [-0.2, 0) is 33.8 Å². The largest absolute Gasteiger partial charge is 0.491 e. The SMILES string of the molecule is Cc1cc([C@](C)(O)C#Cc2ccc3c(c2)-c2nc(C(N)=O)c(C(=O)NC[C@@H]4CCOC4)n2CCO3)no1.Cc1cc([C@](C)(O)C#Cc2ccc3c(c2)-c2nc(C(N)=O)c(C(=O)NC[C@H]4CCOC4)n2CCO3)no1. The number of nitrogens with zero attached hydrogens (tertiary/aromatic N) is 6. The number of aliphatic hydroxyl groups is 2. The number of aryl methyl sites for hydroxylation is 2. The zero-order valence-corrected chi connectivity index (χ0v) is 41.1. The summed E-state index contributed by atoms with van der Waals surface area (Å²) in [6, 6.07) is 13.7. The van der Waals surface area contributed by atoms with Gasteiger partial charge < -0.3 is 69.4 Å². The molecule has 8 N–H and O–H groups in total. The second kappa shape index (κ2) is 21.1. The summed E-state index contributed by atoms with van der Waals surface area (Å²) in [4.78, 5) is 59.8. The van der Waals surface area contributed by atoms with Crippen LogP contribution in [0, 0.1) is 49.4 Å². The number of imidazole rings is 2. The van der Waals surface area contributed by atoms with E-state index >= 15 is 0 Å². The first-order valence-corrected chi connectivity index (χ1v) is 23.9. The second-order valence-corrected chi connectivity index (χ2v) is 18.6. The van der Waals surface area contributed by atoms with Crippen molar-refractivity contribution < 1.29 is 57.4 Å². The van der Waals surface area contributed by atoms with Gasteiger partial charge in [-0.25, -0.2) is 9.97 Å². The van der Waals surface area contributed by atoms with E-state index in [2.05, 4.69) is 54.6 Å². The highest BCUT2D eigenvalue weighted by Gasteiger charge is 2.33. The van der Waals surface area contributed by atoms with Gasteiger partial charge >= 0.3 is 0 Å². The number of benzene rings is 2. The molecule has 4 aliphatic rings. The van der Waals surface area contributed by atoms with Gasteiger partial charge in [-0.15, -0.1) is 0 Å². The van der Waals surface area contributed by atoms with Crippen molar-refractivity contribution in [2.45, 2.75) is 64.8 Å². The molecule has 2 aromatic carbocycles. The highest BCUT2D eigenvalue weighted by atomic mass is 16.5. The van der Waals surface area contributed by atoms with Crippen LogP contribution in [0.25, 0.3) is 22.8 Å². The van der Waals surface area contributed by atoms with Crippen LogP contribution in [0.1, 0.15) is 103 Å². The van der Waals surface area contributed by atoms with Crippen molar-refractivity contribution in [3.63, 3.8) is 0 Å². The number of rotatable bonds is 10. The molecule has 0 aliphatic carbocycles. The van der Waals surface area contributed by atoms with E-state index < -0.39 is 34.8 Å². The van der Waals surface area contributed by atoms with Gasteiger partial charge in [0.05, 0.1) is 37.4 Å². The molecule has 4 aromatic heterocycles. The minimum atomic E-state index is -1.53. The van der Waals surface area contributed by atoms with Gasteiger partial charge in [0.25, 0.3) is 23.6 Å². The first-order chi connectivity index (χ1) is 35.5. The van der Waals surface area contributed by atoms with Gasteiger partial charge in [-0.05, 0) is 76.9 Å². The fraction of sp³-hybridized carbons (Fsp3) is 0.385. The van der Waals surface area contributed by atoms with Gasteiger partial charge in [0, 0.05) is 61.4 Å². The minimum absolute atomic E-state index is 0.0960. The number of hydrogen-bond donors (Lipinski definition) is 6. The second-order valence-electron chi connectivity index (χ2n) is 18.6. The highest BCUT2D eigenvalue weighted by molar-refractivity contribution is 6.06. The number of fused-ring (bicyclic) bond motifs is 6. The number of nitrogens with two attached hydrogens (primary N) is 2. The molecule has 4 aliphatic heterocycles. The third kappa shape index (κ3) is 10.9. The summed E-state index contributed by atoms with van der Waals surface area (Å²) in [5.74, 6) is 12.4. The summed E-state index contributed by atoms with van der Waals surface area (Å²) < 4.78 is 35.9. The molecule has 2 saturated heterocycles. The number of carbonyl (C=O) groups is 4. The fourth-order valence-electron chi connectivity index (χ4n) is 8.70. The first kappa shape index (κ1) is 50.7. The summed E-state index contributed by atoms with van der Waals surface area (Å²) in [5, 5.41) is 35.0. The first-order valence-electron chi connectivity index (χ1n) is 23.9. The Balaban J connectivity index is 0.000000182. The molecule has 0 spiro atoms. The third-order valence-corrected chi connectivity index (χ3v) is 12.7. The Labute approximate surface area is 424 Å². The smallest absolute Gasteiger partial charge is 0.270 e. The molecule has 22 nitrogen and oxygen atoms in total. The van der Waals surface area contributed by atoms with E-state index in [-0.39, 0.29) is 47.8 Å². The molecule has 0 saturated carbocycles. The topological polar surface area (TPSA) is 309 Å². The zero-order chi connectivity index (χ0) is 52.3. The Morgan fingerprint density at radius 1 is 0.662 bits per heavy atom. The van der Waals surface area contributed by atoms with Gasteiger partial charge in [0.2, 0.25) is 0 Å². The number of nitrogens with one attached hydrogen (secondary N) is 2. The Bertz CT molecular complexity index is 3060. The maximum Gasteiger partial charge on any atom is 0.270 e. The molecule has 8 heterocycles. The number of amides is 4. The maximum atomic E-state index is 13.2. The van der Waals surface area contributed by atoms with Crippen LogP contribution in [0.15, 0.2) is 57.6 Å². The van der Waals surface area contributed by atoms with E-state index in [4.69, 9.17) is 39.5 Å². The molecule has 74 heavy (non-hydrogen) atoms. The van der Waals surface area contributed by atoms with Gasteiger partial charge in [-0.3, -0.25) is 19.2 Å². The molecule has 0 radical (unpaired) electrons. The quantitative estimate of drug-likeness (QED) is 0.108. The van der Waals surface area contributed by atoms with E-state index in [1.807, 2.05) is 0 Å². The molecule has 22 heteroatoms. The maximum absolute atomic E-state index is 13.2. The number of primary amides is 2. The third-order valence-electron chi connectivity index (χ3n) is 12.7. The van der Waals surface area contributed by atoms with Crippen molar-refractivity contribution in [2.24, 2.45) is 23.3 Å². The average molecular weight is 1010 g/mol. The lowest BCUT2D eigenvalue weighted by molar-refractivity contribution is 0.0916. The molecule has 384 valence electrons. The predicted octanol–water partition coefficient (Wildman–Crippen LogP) is 2.73. The molecular weight excluding hydrogens is 957 g/mol. The molecule has 10 rings (SSSR count). The molecule has 6 aromatic rings. The minimum Gasteiger partial charge on any atom is -0.491 e. The van der Waals surface area contributed by atoms with Crippen molar-refractivity contribution in [1.82, 2.24) is 40.0 Å². The molecule has 2 fully saturated rings. The summed E-state index contributed by atoms with van der Waals surface area (Å²) in [7, 11) is 0. The van der Waals surface area contributed by atoms with Crippen molar-refractivity contribution in [1.29, 1.82) is 0 Å². The van der Waals surface area contributed by atoms with Gasteiger partial charge in [0.1, 0.15) is 70.7 Å². The van der Waals surface area contributed by atoms with E-state index in [9.17, 15) is 29.4 Å². The van der Waals surface area contributed by atoms with Crippen molar-refractivity contribution in [3.8, 4) is 58.0 Å². The number of aromatic nitrogens is 6. The Kier molecular flexibility index (Phi) is 14.4. The lowest BCUT2D eigenvalue weighted by Crippen LogP contribution is -2.33. The van der Waals surface area contributed by atoms with Gasteiger partial charge in [0.15, 0.2) is 22.6 Å². The normalized spacial score (nSPS) is 17.9. The van der Waals surface area contributed by atoms with Crippen LogP contribution < -0.4 is 31.6 Å². The fourth-order valence-corrected chi connectivity index (χ4v) is 8.70. The summed E-state index contributed by atoms with van der Waals surface area (Å²) in [5.41, 5.74) is 11.0. The van der Waals surface area contributed by atoms with Crippen LogP contribution in [0.3, 0.4) is 0 Å². The zero-order valence-electron chi connectivity index (χ0n) is 41.1. The standard InChI is InChI=1S/2C26H27N5O6/c2*1-15-11-20(30-37-15)26(2,34)7-5-16-3-4-19-18(12-16)24-29-21(23(27)32)22(31(24)8-10-36-19)25(33)28-13-17-6-9-35-14-17/h2*3-4,11-12,17,34H,6,8-10,13-14H2,1-2H3,(H2,27,32)(H,28,33)/t17-,26+;17-,26-/m01/s1. The van der Waals surface area contributed by atoms with Crippen LogP contribution in [0.5, 0.6) is 11.5 Å². The summed E-state index contributed by atoms with van der Waals surface area (Å²) in [6.45, 7) is 11.0.